The summed E-state index contributed by atoms with van der Waals surface area (Å²) in [5.41, 5.74) is 2.27. The highest BCUT2D eigenvalue weighted by Gasteiger charge is 2.51. The third-order valence-electron chi connectivity index (χ3n) is 6.06. The highest BCUT2D eigenvalue weighted by Crippen LogP contribution is 2.36. The fourth-order valence-corrected chi connectivity index (χ4v) is 3.62. The van der Waals surface area contributed by atoms with E-state index < -0.39 is 18.3 Å². The molecule has 0 aliphatic carbocycles. The molecule has 2 aromatic rings. The predicted octanol–water partition coefficient (Wildman–Crippen LogP) is 2.98. The van der Waals surface area contributed by atoms with E-state index in [0.29, 0.717) is 23.3 Å². The molecule has 1 aromatic heterocycles. The van der Waals surface area contributed by atoms with Crippen LogP contribution in [0.15, 0.2) is 30.5 Å². The van der Waals surface area contributed by atoms with Crippen LogP contribution in [-0.4, -0.2) is 34.1 Å². The molecule has 28 heavy (non-hydrogen) atoms. The zero-order chi connectivity index (χ0) is 20.3. The van der Waals surface area contributed by atoms with Crippen molar-refractivity contribution in [2.75, 3.05) is 0 Å². The van der Waals surface area contributed by atoms with Crippen LogP contribution in [-0.2, 0) is 22.4 Å². The summed E-state index contributed by atoms with van der Waals surface area (Å²) in [5, 5.41) is 0. The Morgan fingerprint density at radius 3 is 2.50 bits per heavy atom. The molecule has 1 fully saturated rings. The van der Waals surface area contributed by atoms with Crippen LogP contribution in [0.1, 0.15) is 54.9 Å². The molecule has 146 valence electrons. The van der Waals surface area contributed by atoms with Gasteiger partial charge in [0.05, 0.1) is 11.2 Å². The van der Waals surface area contributed by atoms with Crippen molar-refractivity contribution in [2.24, 2.45) is 0 Å². The minimum atomic E-state index is -0.617. The van der Waals surface area contributed by atoms with Crippen LogP contribution in [0.25, 0.3) is 0 Å². The summed E-state index contributed by atoms with van der Waals surface area (Å²) in [4.78, 5) is 18.3. The molecule has 2 aliphatic rings. The molecule has 0 N–H and O–H groups in total. The number of aromatic nitrogens is 1. The minimum absolute atomic E-state index is 0.163. The first-order chi connectivity index (χ1) is 13.1. The summed E-state index contributed by atoms with van der Waals surface area (Å²) in [7, 11) is -0.617. The summed E-state index contributed by atoms with van der Waals surface area (Å²) in [5.74, 6) is -0.522. The van der Waals surface area contributed by atoms with E-state index in [2.05, 4.69) is 4.98 Å². The van der Waals surface area contributed by atoms with Crippen molar-refractivity contribution in [3.05, 3.63) is 58.7 Å². The van der Waals surface area contributed by atoms with Crippen LogP contribution in [0.5, 0.6) is 0 Å². The molecule has 0 unspecified atom stereocenters. The maximum Gasteiger partial charge on any atom is 0.494 e. The lowest BCUT2D eigenvalue weighted by Crippen LogP contribution is -2.41. The molecule has 1 aromatic carbocycles. The number of halogens is 1. The number of benzene rings is 1. The fraction of sp³-hybridized carbons (Fsp3) is 0.429. The Kier molecular flexibility index (Phi) is 4.36. The fourth-order valence-electron chi connectivity index (χ4n) is 3.62. The minimum Gasteiger partial charge on any atom is -0.399 e. The molecule has 0 bridgehead atoms. The largest absolute Gasteiger partial charge is 0.494 e. The molecule has 3 heterocycles. The number of hydrogen-bond donors (Lipinski definition) is 0. The molecule has 0 spiro atoms. The van der Waals surface area contributed by atoms with Crippen LogP contribution in [0.3, 0.4) is 0 Å². The van der Waals surface area contributed by atoms with Crippen molar-refractivity contribution in [3.8, 4) is 0 Å². The number of aryl methyl sites for hydroxylation is 1. The third kappa shape index (κ3) is 3.03. The van der Waals surface area contributed by atoms with Gasteiger partial charge in [0, 0.05) is 30.4 Å². The summed E-state index contributed by atoms with van der Waals surface area (Å²) >= 11 is 0. The summed E-state index contributed by atoms with van der Waals surface area (Å²) < 4.78 is 27.1. The molecule has 0 atom stereocenters. The van der Waals surface area contributed by atoms with E-state index in [-0.39, 0.29) is 18.3 Å². The van der Waals surface area contributed by atoms with Crippen molar-refractivity contribution < 1.29 is 18.5 Å². The van der Waals surface area contributed by atoms with Crippen LogP contribution in [0.2, 0.25) is 0 Å². The molecular weight excluding hydrogens is 358 g/mol. The maximum atomic E-state index is 15.0. The van der Waals surface area contributed by atoms with Gasteiger partial charge < -0.3 is 14.2 Å². The SMILES string of the molecule is Cc1cc(B2OC(C)(C)C(C)(C)O2)cc(F)c1CN1Cc2cccnc2C1=O. The number of hydrogen-bond acceptors (Lipinski definition) is 4. The van der Waals surface area contributed by atoms with Gasteiger partial charge in [-0.05, 0) is 57.8 Å². The van der Waals surface area contributed by atoms with Crippen molar-refractivity contribution >= 4 is 18.5 Å². The van der Waals surface area contributed by atoms with Gasteiger partial charge in [0.25, 0.3) is 5.91 Å². The molecule has 7 heteroatoms. The van der Waals surface area contributed by atoms with Gasteiger partial charge >= 0.3 is 7.12 Å². The quantitative estimate of drug-likeness (QED) is 0.766. The first kappa shape index (κ1) is 19.1. The van der Waals surface area contributed by atoms with Crippen molar-refractivity contribution in [1.82, 2.24) is 9.88 Å². The number of rotatable bonds is 3. The van der Waals surface area contributed by atoms with E-state index in [4.69, 9.17) is 9.31 Å². The Hall–Kier alpha value is -2.25. The van der Waals surface area contributed by atoms with Gasteiger partial charge in [-0.2, -0.15) is 0 Å². The molecule has 4 rings (SSSR count). The number of nitrogens with zero attached hydrogens (tertiary/aromatic N) is 2. The highest BCUT2D eigenvalue weighted by molar-refractivity contribution is 6.62. The van der Waals surface area contributed by atoms with E-state index in [1.807, 2.05) is 46.8 Å². The van der Waals surface area contributed by atoms with Gasteiger partial charge in [-0.15, -0.1) is 0 Å². The average Bonchev–Trinajstić information content (AvgIpc) is 3.04. The Labute approximate surface area is 165 Å². The van der Waals surface area contributed by atoms with Gasteiger partial charge in [0.1, 0.15) is 11.5 Å². The molecule has 1 saturated heterocycles. The van der Waals surface area contributed by atoms with E-state index in [1.54, 1.807) is 17.2 Å². The summed E-state index contributed by atoms with van der Waals surface area (Å²) in [6.45, 7) is 10.4. The van der Waals surface area contributed by atoms with E-state index in [9.17, 15) is 9.18 Å². The second-order valence-corrected chi connectivity index (χ2v) is 8.56. The third-order valence-corrected chi connectivity index (χ3v) is 6.06. The number of pyridine rings is 1. The monoisotopic (exact) mass is 382 g/mol. The summed E-state index contributed by atoms with van der Waals surface area (Å²) in [6.07, 6.45) is 1.60. The van der Waals surface area contributed by atoms with Crippen LogP contribution >= 0.6 is 0 Å². The number of carbonyl (C=O) groups excluding carboxylic acids is 1. The Bertz CT molecular complexity index is 921. The average molecular weight is 382 g/mol. The van der Waals surface area contributed by atoms with Gasteiger partial charge in [0.15, 0.2) is 0 Å². The van der Waals surface area contributed by atoms with Crippen molar-refractivity contribution in [2.45, 2.75) is 58.9 Å². The lowest BCUT2D eigenvalue weighted by Gasteiger charge is -2.32. The number of amides is 1. The standard InChI is InChI=1S/C21H24BFN2O3/c1-13-9-15(22-27-20(2,3)21(4,5)28-22)10-17(23)16(13)12-25-11-14-7-6-8-24-18(14)19(25)26/h6-10H,11-12H2,1-5H3. The van der Waals surface area contributed by atoms with E-state index >= 15 is 0 Å². The zero-order valence-corrected chi connectivity index (χ0v) is 16.9. The first-order valence-electron chi connectivity index (χ1n) is 9.47. The molecule has 0 radical (unpaired) electrons. The lowest BCUT2D eigenvalue weighted by molar-refractivity contribution is 0.00578. The number of carbonyl (C=O) groups is 1. The van der Waals surface area contributed by atoms with Crippen LogP contribution in [0.4, 0.5) is 4.39 Å². The normalized spacial score (nSPS) is 20.0. The maximum absolute atomic E-state index is 15.0. The Morgan fingerprint density at radius 2 is 1.89 bits per heavy atom. The molecular formula is C21H24BFN2O3. The molecule has 1 amide bonds. The topological polar surface area (TPSA) is 51.7 Å². The second kappa shape index (κ2) is 6.39. The smallest absolute Gasteiger partial charge is 0.399 e. The summed E-state index contributed by atoms with van der Waals surface area (Å²) in [6, 6.07) is 7.02. The first-order valence-corrected chi connectivity index (χ1v) is 9.47. The highest BCUT2D eigenvalue weighted by atomic mass is 19.1. The van der Waals surface area contributed by atoms with Gasteiger partial charge in [-0.25, -0.2) is 4.39 Å². The Balaban J connectivity index is 1.57. The number of fused-ring (bicyclic) bond motifs is 1. The van der Waals surface area contributed by atoms with Gasteiger partial charge in [-0.3, -0.25) is 9.78 Å². The van der Waals surface area contributed by atoms with Crippen LogP contribution < -0.4 is 5.46 Å². The molecule has 5 nitrogen and oxygen atoms in total. The Morgan fingerprint density at radius 1 is 1.21 bits per heavy atom. The predicted molar refractivity (Wildman–Crippen MR) is 105 cm³/mol. The van der Waals surface area contributed by atoms with E-state index in [0.717, 1.165) is 11.1 Å². The van der Waals surface area contributed by atoms with E-state index in [1.165, 1.54) is 6.07 Å². The second-order valence-electron chi connectivity index (χ2n) is 8.56. The lowest BCUT2D eigenvalue weighted by atomic mass is 9.77. The molecule has 2 aliphatic heterocycles. The van der Waals surface area contributed by atoms with Crippen molar-refractivity contribution in [1.29, 1.82) is 0 Å². The van der Waals surface area contributed by atoms with Gasteiger partial charge in [0.2, 0.25) is 0 Å². The van der Waals surface area contributed by atoms with Gasteiger partial charge in [-0.1, -0.05) is 12.1 Å². The van der Waals surface area contributed by atoms with Crippen LogP contribution in [0, 0.1) is 12.7 Å². The zero-order valence-electron chi connectivity index (χ0n) is 16.9. The van der Waals surface area contributed by atoms with Crippen molar-refractivity contribution in [3.63, 3.8) is 0 Å². The molecule has 0 saturated carbocycles.